The average Bonchev–Trinajstić information content (AvgIpc) is 3.27. The molecule has 2 unspecified atom stereocenters. The van der Waals surface area contributed by atoms with Crippen LogP contribution in [0.1, 0.15) is 60.3 Å². The second-order valence-corrected chi connectivity index (χ2v) is 10.6. The predicted molar refractivity (Wildman–Crippen MR) is 146 cm³/mol. The van der Waals surface area contributed by atoms with Crippen LogP contribution in [-0.4, -0.2) is 49.1 Å². The van der Waals surface area contributed by atoms with Crippen molar-refractivity contribution in [3.05, 3.63) is 53.7 Å². The third-order valence-electron chi connectivity index (χ3n) is 7.93. The van der Waals surface area contributed by atoms with Crippen molar-refractivity contribution >= 4 is 29.5 Å². The number of anilines is 2. The number of hydrogen-bond donors (Lipinski definition) is 3. The number of amides is 1. The van der Waals surface area contributed by atoms with E-state index in [2.05, 4.69) is 25.7 Å². The first-order valence-corrected chi connectivity index (χ1v) is 13.7. The molecule has 1 amide bonds. The summed E-state index contributed by atoms with van der Waals surface area (Å²) in [4.78, 5) is 33.1. The first kappa shape index (κ1) is 27.7. The smallest absolute Gasteiger partial charge is 0.426 e. The second-order valence-electron chi connectivity index (χ2n) is 10.6. The molecule has 2 aliphatic rings. The van der Waals surface area contributed by atoms with E-state index in [9.17, 15) is 22.8 Å². The Balaban J connectivity index is 1.35. The van der Waals surface area contributed by atoms with E-state index in [0.717, 1.165) is 25.7 Å². The van der Waals surface area contributed by atoms with E-state index in [0.29, 0.717) is 29.8 Å². The van der Waals surface area contributed by atoms with Gasteiger partial charge >= 0.3 is 6.18 Å². The molecule has 0 spiro atoms. The molecule has 0 bridgehead atoms. The van der Waals surface area contributed by atoms with Crippen LogP contribution in [0.25, 0.3) is 16.9 Å². The number of carbonyl (C=O) groups is 2. The Kier molecular flexibility index (Phi) is 7.09. The van der Waals surface area contributed by atoms with Crippen LogP contribution in [0.15, 0.2) is 36.9 Å². The van der Waals surface area contributed by atoms with Gasteiger partial charge in [0.25, 0.3) is 12.4 Å². The molecule has 4 N–H and O–H groups in total. The molecule has 0 radical (unpaired) electrons. The number of benzene rings is 1. The number of hydrogen-bond acceptors (Lipinski definition) is 8. The van der Waals surface area contributed by atoms with E-state index < -0.39 is 11.9 Å². The van der Waals surface area contributed by atoms with E-state index >= 15 is 0 Å². The minimum Gasteiger partial charge on any atom is -0.426 e. The lowest BCUT2D eigenvalue weighted by molar-refractivity contribution is -0.141. The summed E-state index contributed by atoms with van der Waals surface area (Å²) in [6.07, 6.45) is 4.81. The molecule has 42 heavy (non-hydrogen) atoms. The molecule has 2 saturated carbocycles. The van der Waals surface area contributed by atoms with Crippen molar-refractivity contribution < 1.29 is 27.5 Å². The van der Waals surface area contributed by atoms with Gasteiger partial charge in [-0.05, 0) is 50.2 Å². The minimum atomic E-state index is -4.65. The molecule has 0 saturated heterocycles. The van der Waals surface area contributed by atoms with Gasteiger partial charge in [0.2, 0.25) is 0 Å². The van der Waals surface area contributed by atoms with E-state index in [4.69, 9.17) is 10.5 Å². The molecule has 2 atom stereocenters. The van der Waals surface area contributed by atoms with Gasteiger partial charge in [0.15, 0.2) is 22.9 Å². The highest BCUT2D eigenvalue weighted by molar-refractivity contribution is 5.98. The summed E-state index contributed by atoms with van der Waals surface area (Å²) in [6.45, 7) is 2.55. The van der Waals surface area contributed by atoms with Crippen LogP contribution >= 0.6 is 0 Å². The van der Waals surface area contributed by atoms with Crippen molar-refractivity contribution in [1.82, 2.24) is 29.5 Å². The van der Waals surface area contributed by atoms with Crippen LogP contribution in [0.4, 0.5) is 24.7 Å². The number of nitrogens with two attached hydrogens (primary N) is 1. The fraction of sp³-hybridized carbons (Fsp3) is 0.393. The van der Waals surface area contributed by atoms with Crippen molar-refractivity contribution in [1.29, 1.82) is 0 Å². The van der Waals surface area contributed by atoms with E-state index in [1.165, 1.54) is 33.9 Å². The number of nitrogens with zero attached hydrogens (tertiary/aromatic N) is 5. The van der Waals surface area contributed by atoms with Gasteiger partial charge in [-0.25, -0.2) is 9.97 Å². The molecule has 4 aromatic rings. The lowest BCUT2D eigenvalue weighted by atomic mass is 9.93. The first-order valence-electron chi connectivity index (χ1n) is 13.7. The van der Waals surface area contributed by atoms with Crippen LogP contribution in [0.3, 0.4) is 0 Å². The van der Waals surface area contributed by atoms with Crippen molar-refractivity contribution in [3.8, 4) is 17.0 Å². The monoisotopic (exact) mass is 582 g/mol. The van der Waals surface area contributed by atoms with Gasteiger partial charge < -0.3 is 21.1 Å². The van der Waals surface area contributed by atoms with Crippen molar-refractivity contribution in [2.24, 2.45) is 11.7 Å². The number of imidazole rings is 1. The summed E-state index contributed by atoms with van der Waals surface area (Å²) in [5.41, 5.74) is 6.41. The quantitative estimate of drug-likeness (QED) is 0.236. The Hall–Kier alpha value is -4.46. The Labute approximate surface area is 238 Å². The fourth-order valence-electron chi connectivity index (χ4n) is 5.26. The summed E-state index contributed by atoms with van der Waals surface area (Å²) in [6, 6.07) is 3.23. The summed E-state index contributed by atoms with van der Waals surface area (Å²) in [7, 11) is 0. The molecule has 0 aliphatic heterocycles. The zero-order valence-electron chi connectivity index (χ0n) is 22.7. The van der Waals surface area contributed by atoms with Gasteiger partial charge in [0, 0.05) is 42.3 Å². The van der Waals surface area contributed by atoms with Crippen molar-refractivity contribution in [3.63, 3.8) is 0 Å². The molecular formula is C28H29F3N8O3. The van der Waals surface area contributed by atoms with Crippen LogP contribution in [0, 0.1) is 5.92 Å². The van der Waals surface area contributed by atoms with Gasteiger partial charge in [-0.15, -0.1) is 0 Å². The van der Waals surface area contributed by atoms with Crippen LogP contribution in [0.2, 0.25) is 0 Å². The predicted octanol–water partition coefficient (Wildman–Crippen LogP) is 4.25. The summed E-state index contributed by atoms with van der Waals surface area (Å²) in [5, 5.41) is 9.86. The normalized spacial score (nSPS) is 18.5. The number of halogens is 3. The molecule has 3 aromatic heterocycles. The molecule has 2 aliphatic carbocycles. The van der Waals surface area contributed by atoms with Crippen LogP contribution < -0.4 is 21.1 Å². The number of carbonyl (C=O) groups excluding carboxylic acids is 2. The van der Waals surface area contributed by atoms with E-state index in [1.807, 2.05) is 6.92 Å². The van der Waals surface area contributed by atoms with E-state index in [-0.39, 0.29) is 58.9 Å². The maximum Gasteiger partial charge on any atom is 0.435 e. The second kappa shape index (κ2) is 10.7. The van der Waals surface area contributed by atoms with Crippen molar-refractivity contribution in [2.45, 2.75) is 57.3 Å². The molecule has 2 fully saturated rings. The molecule has 14 heteroatoms. The Morgan fingerprint density at radius 1 is 1.26 bits per heavy atom. The lowest BCUT2D eigenvalue weighted by Gasteiger charge is -2.25. The fourth-order valence-corrected chi connectivity index (χ4v) is 5.26. The highest BCUT2D eigenvalue weighted by Gasteiger charge is 2.39. The summed E-state index contributed by atoms with van der Waals surface area (Å²) >= 11 is 0. The molecule has 3 heterocycles. The average molecular weight is 583 g/mol. The Morgan fingerprint density at radius 3 is 2.69 bits per heavy atom. The largest absolute Gasteiger partial charge is 0.435 e. The molecular weight excluding hydrogens is 553 g/mol. The van der Waals surface area contributed by atoms with Crippen LogP contribution in [0.5, 0.6) is 5.75 Å². The summed E-state index contributed by atoms with van der Waals surface area (Å²) < 4.78 is 50.2. The number of nitrogens with one attached hydrogen (secondary N) is 2. The Bertz CT molecular complexity index is 1660. The zero-order chi connectivity index (χ0) is 29.6. The standard InChI is InChI=1S/C28H29F3N8O3/c1-2-17-18(27(41)35-11-15-10-20(15)32)6-7-21(23(17)42-14-40)36-25-26-34-12-22(38(26)9-8-33-25)19-13-39(16-4-3-5-16)37-24(19)28(29,30)31/h6-9,12-16,20H,2-5,10-11,32H2,1H3,(H,33,36)(H,35,41). The minimum absolute atomic E-state index is 0.0572. The van der Waals surface area contributed by atoms with Gasteiger partial charge in [-0.1, -0.05) is 6.92 Å². The zero-order valence-corrected chi connectivity index (χ0v) is 22.7. The van der Waals surface area contributed by atoms with E-state index in [1.54, 1.807) is 12.1 Å². The number of rotatable bonds is 10. The van der Waals surface area contributed by atoms with Gasteiger partial charge in [0.1, 0.15) is 0 Å². The first-order chi connectivity index (χ1) is 20.2. The number of fused-ring (bicyclic) bond motifs is 1. The SMILES string of the molecule is CCc1c(C(=O)NCC2CC2N)ccc(Nc2nccn3c(-c4cn(C5CCC5)nc4C(F)(F)F)cnc23)c1OC=O. The molecule has 6 rings (SSSR count). The highest BCUT2D eigenvalue weighted by Crippen LogP contribution is 2.40. The third kappa shape index (κ3) is 5.06. The molecule has 11 nitrogen and oxygen atoms in total. The van der Waals surface area contributed by atoms with Crippen LogP contribution in [-0.2, 0) is 17.4 Å². The number of alkyl halides is 3. The van der Waals surface area contributed by atoms with Gasteiger partial charge in [-0.2, -0.15) is 18.3 Å². The molecule has 1 aromatic carbocycles. The Morgan fingerprint density at radius 2 is 2.05 bits per heavy atom. The highest BCUT2D eigenvalue weighted by atomic mass is 19.4. The maximum atomic E-state index is 14.0. The van der Waals surface area contributed by atoms with Gasteiger partial charge in [0.05, 0.1) is 29.2 Å². The maximum absolute atomic E-state index is 14.0. The lowest BCUT2D eigenvalue weighted by Crippen LogP contribution is -2.28. The summed E-state index contributed by atoms with van der Waals surface area (Å²) in [5.74, 6) is 0.284. The van der Waals surface area contributed by atoms with Gasteiger partial charge in [-0.3, -0.25) is 18.7 Å². The number of aromatic nitrogens is 5. The topological polar surface area (TPSA) is 141 Å². The number of ether oxygens (including phenoxy) is 1. The van der Waals surface area contributed by atoms with Crippen molar-refractivity contribution in [2.75, 3.05) is 11.9 Å². The molecule has 220 valence electrons. The third-order valence-corrected chi connectivity index (χ3v) is 7.93.